The first-order chi connectivity index (χ1) is 6.89. The summed E-state index contributed by atoms with van der Waals surface area (Å²) in [5.74, 6) is -1.14. The highest BCUT2D eigenvalue weighted by atomic mass is 35.7. The number of hydrogen-bond donors (Lipinski definition) is 1. The lowest BCUT2D eigenvalue weighted by Gasteiger charge is -2.01. The van der Waals surface area contributed by atoms with Crippen LogP contribution in [-0.2, 0) is 9.05 Å². The molecule has 5 nitrogen and oxygen atoms in total. The lowest BCUT2D eigenvalue weighted by Crippen LogP contribution is -2.05. The minimum atomic E-state index is -3.86. The van der Waals surface area contributed by atoms with E-state index in [0.29, 0.717) is 0 Å². The van der Waals surface area contributed by atoms with E-state index in [4.69, 9.17) is 15.8 Å². The second-order valence-electron chi connectivity index (χ2n) is 3.44. The molecule has 15 heavy (non-hydrogen) atoms. The number of nitrogens with zero attached hydrogens (tertiary/aromatic N) is 1. The van der Waals surface area contributed by atoms with Crippen molar-refractivity contribution in [1.29, 1.82) is 0 Å². The Balaban J connectivity index is 2.54. The van der Waals surface area contributed by atoms with Crippen LogP contribution in [-0.4, -0.2) is 24.1 Å². The van der Waals surface area contributed by atoms with Crippen LogP contribution < -0.4 is 0 Å². The molecule has 1 aliphatic rings. The van der Waals surface area contributed by atoms with Crippen molar-refractivity contribution in [3.8, 4) is 0 Å². The topological polar surface area (TPSA) is 76.4 Å². The quantitative estimate of drug-likeness (QED) is 0.823. The van der Waals surface area contributed by atoms with Crippen molar-refractivity contribution in [3.63, 3.8) is 0 Å². The first kappa shape index (κ1) is 10.5. The fourth-order valence-electron chi connectivity index (χ4n) is 1.41. The Morgan fingerprint density at radius 2 is 2.13 bits per heavy atom. The molecule has 0 aliphatic heterocycles. The van der Waals surface area contributed by atoms with Gasteiger partial charge in [-0.2, -0.15) is 0 Å². The van der Waals surface area contributed by atoms with Gasteiger partial charge < -0.3 is 9.67 Å². The first-order valence-electron chi connectivity index (χ1n) is 4.29. The molecular weight excluding hydrogens is 242 g/mol. The first-order valence-corrected chi connectivity index (χ1v) is 6.60. The van der Waals surface area contributed by atoms with E-state index in [9.17, 15) is 13.2 Å². The molecule has 0 atom stereocenters. The van der Waals surface area contributed by atoms with Gasteiger partial charge in [-0.05, 0) is 18.9 Å². The van der Waals surface area contributed by atoms with Crippen molar-refractivity contribution in [2.24, 2.45) is 0 Å². The predicted molar refractivity (Wildman–Crippen MR) is 52.7 cm³/mol. The maximum atomic E-state index is 11.0. The van der Waals surface area contributed by atoms with Gasteiger partial charge in [-0.3, -0.25) is 0 Å². The van der Waals surface area contributed by atoms with Crippen LogP contribution in [0.3, 0.4) is 0 Å². The molecule has 0 saturated heterocycles. The Kier molecular flexibility index (Phi) is 2.27. The van der Waals surface area contributed by atoms with Gasteiger partial charge >= 0.3 is 5.97 Å². The zero-order valence-corrected chi connectivity index (χ0v) is 9.12. The SMILES string of the molecule is O=C(O)c1cc(S(=O)(=O)Cl)cn1C1CC1. The van der Waals surface area contributed by atoms with E-state index >= 15 is 0 Å². The molecule has 0 unspecified atom stereocenters. The van der Waals surface area contributed by atoms with E-state index in [0.717, 1.165) is 18.9 Å². The molecule has 0 spiro atoms. The zero-order chi connectivity index (χ0) is 11.2. The number of hydrogen-bond acceptors (Lipinski definition) is 3. The molecule has 82 valence electrons. The Morgan fingerprint density at radius 1 is 1.53 bits per heavy atom. The van der Waals surface area contributed by atoms with E-state index in [1.807, 2.05) is 0 Å². The van der Waals surface area contributed by atoms with E-state index in [2.05, 4.69) is 0 Å². The maximum Gasteiger partial charge on any atom is 0.352 e. The summed E-state index contributed by atoms with van der Waals surface area (Å²) in [6.45, 7) is 0. The summed E-state index contributed by atoms with van der Waals surface area (Å²) < 4.78 is 23.5. The standard InChI is InChI=1S/C8H8ClNO4S/c9-15(13,14)6-3-7(8(11)12)10(4-6)5-1-2-5/h3-5H,1-2H2,(H,11,12). The molecule has 1 aromatic rings. The molecule has 1 saturated carbocycles. The average Bonchev–Trinajstić information content (AvgIpc) is 2.81. The van der Waals surface area contributed by atoms with Crippen molar-refractivity contribution in [1.82, 2.24) is 4.57 Å². The van der Waals surface area contributed by atoms with Gasteiger partial charge in [0.15, 0.2) is 0 Å². The van der Waals surface area contributed by atoms with Crippen molar-refractivity contribution in [2.45, 2.75) is 23.8 Å². The lowest BCUT2D eigenvalue weighted by atomic mass is 10.4. The number of carboxylic acid groups (broad SMARTS) is 1. The fourth-order valence-corrected chi connectivity index (χ4v) is 2.16. The van der Waals surface area contributed by atoms with E-state index in [1.54, 1.807) is 0 Å². The van der Waals surface area contributed by atoms with Gasteiger partial charge in [-0.1, -0.05) is 0 Å². The third-order valence-corrected chi connectivity index (χ3v) is 3.59. The zero-order valence-electron chi connectivity index (χ0n) is 7.55. The highest BCUT2D eigenvalue weighted by molar-refractivity contribution is 8.13. The van der Waals surface area contributed by atoms with Crippen LogP contribution in [0.2, 0.25) is 0 Å². The lowest BCUT2D eigenvalue weighted by molar-refractivity contribution is 0.0685. The number of aromatic carboxylic acids is 1. The van der Waals surface area contributed by atoms with Gasteiger partial charge in [0.25, 0.3) is 9.05 Å². The van der Waals surface area contributed by atoms with Crippen LogP contribution in [0.5, 0.6) is 0 Å². The third-order valence-electron chi connectivity index (χ3n) is 2.26. The molecule has 0 aromatic carbocycles. The van der Waals surface area contributed by atoms with Gasteiger partial charge in [0.1, 0.15) is 10.6 Å². The van der Waals surface area contributed by atoms with Crippen molar-refractivity contribution in [3.05, 3.63) is 18.0 Å². The fraction of sp³-hybridized carbons (Fsp3) is 0.375. The summed E-state index contributed by atoms with van der Waals surface area (Å²) >= 11 is 0. The molecule has 2 rings (SSSR count). The largest absolute Gasteiger partial charge is 0.477 e. The van der Waals surface area contributed by atoms with Crippen molar-refractivity contribution in [2.75, 3.05) is 0 Å². The Hall–Kier alpha value is -1.01. The Morgan fingerprint density at radius 3 is 2.53 bits per heavy atom. The smallest absolute Gasteiger partial charge is 0.352 e. The Labute approximate surface area is 90.7 Å². The van der Waals surface area contributed by atoms with Crippen LogP contribution >= 0.6 is 10.7 Å². The number of aromatic nitrogens is 1. The molecule has 0 radical (unpaired) electrons. The van der Waals surface area contributed by atoms with Crippen molar-refractivity contribution < 1.29 is 18.3 Å². The summed E-state index contributed by atoms with van der Waals surface area (Å²) in [5, 5.41) is 8.86. The molecule has 1 heterocycles. The Bertz CT molecular complexity index is 515. The second-order valence-corrected chi connectivity index (χ2v) is 6.01. The van der Waals surface area contributed by atoms with E-state index in [1.165, 1.54) is 10.8 Å². The normalized spacial score (nSPS) is 16.6. The summed E-state index contributed by atoms with van der Waals surface area (Å²) in [4.78, 5) is 10.7. The van der Waals surface area contributed by atoms with Crippen molar-refractivity contribution >= 4 is 25.7 Å². The molecule has 1 aromatic heterocycles. The van der Waals surface area contributed by atoms with Gasteiger partial charge in [0.05, 0.1) is 0 Å². The number of rotatable bonds is 3. The van der Waals surface area contributed by atoms with Gasteiger partial charge in [-0.15, -0.1) is 0 Å². The van der Waals surface area contributed by atoms with Gasteiger partial charge in [0.2, 0.25) is 0 Å². The van der Waals surface area contributed by atoms with Crippen LogP contribution in [0.25, 0.3) is 0 Å². The second kappa shape index (κ2) is 3.24. The number of carbonyl (C=O) groups is 1. The minimum Gasteiger partial charge on any atom is -0.477 e. The molecular formula is C8H8ClNO4S. The summed E-state index contributed by atoms with van der Waals surface area (Å²) in [6.07, 6.45) is 3.02. The van der Waals surface area contributed by atoms with Crippen LogP contribution in [0.1, 0.15) is 29.4 Å². The molecule has 0 bridgehead atoms. The summed E-state index contributed by atoms with van der Waals surface area (Å²) in [5.41, 5.74) is -0.0308. The summed E-state index contributed by atoms with van der Waals surface area (Å²) in [6, 6.07) is 1.19. The molecule has 1 N–H and O–H groups in total. The van der Waals surface area contributed by atoms with Crippen LogP contribution in [0.4, 0.5) is 0 Å². The third kappa shape index (κ3) is 2.00. The minimum absolute atomic E-state index is 0.0308. The highest BCUT2D eigenvalue weighted by Crippen LogP contribution is 2.37. The molecule has 1 fully saturated rings. The molecule has 0 amide bonds. The van der Waals surface area contributed by atoms with E-state index < -0.39 is 15.0 Å². The predicted octanol–water partition coefficient (Wildman–Crippen LogP) is 1.45. The highest BCUT2D eigenvalue weighted by Gasteiger charge is 2.29. The molecule has 7 heteroatoms. The number of halogens is 1. The van der Waals surface area contributed by atoms with Crippen LogP contribution in [0.15, 0.2) is 17.2 Å². The average molecular weight is 250 g/mol. The molecule has 1 aliphatic carbocycles. The van der Waals surface area contributed by atoms with E-state index in [-0.39, 0.29) is 16.6 Å². The summed E-state index contributed by atoms with van der Waals surface area (Å²) in [7, 11) is 1.28. The van der Waals surface area contributed by atoms with Crippen LogP contribution in [0, 0.1) is 0 Å². The van der Waals surface area contributed by atoms with Gasteiger partial charge in [0, 0.05) is 22.9 Å². The number of carboxylic acids is 1. The maximum absolute atomic E-state index is 11.0. The van der Waals surface area contributed by atoms with Gasteiger partial charge in [-0.25, -0.2) is 13.2 Å². The monoisotopic (exact) mass is 249 g/mol.